The number of rotatable bonds is 0. The van der Waals surface area contributed by atoms with Crippen LogP contribution in [-0.4, -0.2) is 4.98 Å². The third-order valence-electron chi connectivity index (χ3n) is 0.566. The summed E-state index contributed by atoms with van der Waals surface area (Å²) in [4.78, 5) is 3.78. The Labute approximate surface area is 55.5 Å². The molecule has 1 aromatic rings. The van der Waals surface area contributed by atoms with Crippen LogP contribution in [0.3, 0.4) is 0 Å². The van der Waals surface area contributed by atoms with Gasteiger partial charge in [-0.1, -0.05) is 6.07 Å². The Bertz CT molecular complexity index is 80.0. The Hall–Kier alpha value is -0.227. The molecule has 0 bridgehead atoms. The van der Waals surface area contributed by atoms with Crippen molar-refractivity contribution in [2.24, 2.45) is 0 Å². The maximum Gasteiger partial charge on any atom is 3.00 e. The Morgan fingerprint density at radius 3 is 1.57 bits per heavy atom. The van der Waals surface area contributed by atoms with Gasteiger partial charge in [0.05, 0.1) is 0 Å². The molecule has 0 aromatic carbocycles. The van der Waals surface area contributed by atoms with Crippen LogP contribution < -0.4 is 0 Å². The first-order chi connectivity index (χ1) is 3.00. The van der Waals surface area contributed by atoms with Crippen LogP contribution in [0.25, 0.3) is 0 Å². The molecule has 0 aliphatic carbocycles. The third-order valence-corrected chi connectivity index (χ3v) is 0.566. The first-order valence-electron chi connectivity index (χ1n) is 1.85. The largest absolute Gasteiger partial charge is 3.00 e. The van der Waals surface area contributed by atoms with E-state index in [9.17, 15) is 0 Å². The smallest absolute Gasteiger partial charge is 0.265 e. The van der Waals surface area contributed by atoms with E-state index in [-0.39, 0.29) is 19.5 Å². The molecule has 0 aliphatic rings. The van der Waals surface area contributed by atoms with Gasteiger partial charge in [0, 0.05) is 12.4 Å². The zero-order valence-electron chi connectivity index (χ0n) is 3.69. The van der Waals surface area contributed by atoms with Crippen molar-refractivity contribution in [1.29, 1.82) is 0 Å². The van der Waals surface area contributed by atoms with E-state index in [0.29, 0.717) is 0 Å². The summed E-state index contributed by atoms with van der Waals surface area (Å²) in [5.74, 6) is 0. The molecule has 35 valence electrons. The summed E-state index contributed by atoms with van der Waals surface area (Å²) >= 11 is 0. The summed E-state index contributed by atoms with van der Waals surface area (Å²) in [5.41, 5.74) is 0. The van der Waals surface area contributed by atoms with Crippen molar-refractivity contribution < 1.29 is 19.5 Å². The Morgan fingerprint density at radius 1 is 0.857 bits per heavy atom. The first kappa shape index (κ1) is 6.77. The Balaban J connectivity index is 0.000000360. The van der Waals surface area contributed by atoms with Gasteiger partial charge in [0.25, 0.3) is 0 Å². The van der Waals surface area contributed by atoms with Crippen LogP contribution in [0.15, 0.2) is 30.6 Å². The summed E-state index contributed by atoms with van der Waals surface area (Å²) in [7, 11) is 0. The molecule has 0 atom stereocenters. The number of hydrogen-bond donors (Lipinski definition) is 0. The SMILES string of the molecule is [Ru+3].c1ccncc1. The van der Waals surface area contributed by atoms with Crippen LogP contribution in [0.2, 0.25) is 0 Å². The van der Waals surface area contributed by atoms with Crippen molar-refractivity contribution in [3.8, 4) is 0 Å². The molecular formula is C5H5NRu+3. The monoisotopic (exact) mass is 181 g/mol. The molecule has 0 fully saturated rings. The predicted molar refractivity (Wildman–Crippen MR) is 24.2 cm³/mol. The molecule has 1 rings (SSSR count). The average Bonchev–Trinajstić information content (AvgIpc) is 1.72. The van der Waals surface area contributed by atoms with Gasteiger partial charge in [0.1, 0.15) is 0 Å². The molecule has 1 radical (unpaired) electrons. The quantitative estimate of drug-likeness (QED) is 0.544. The van der Waals surface area contributed by atoms with Gasteiger partial charge >= 0.3 is 19.5 Å². The second kappa shape index (κ2) is 3.95. The second-order valence-electron chi connectivity index (χ2n) is 1.02. The van der Waals surface area contributed by atoms with E-state index >= 15 is 0 Å². The zero-order valence-corrected chi connectivity index (χ0v) is 5.43. The minimum absolute atomic E-state index is 0. The van der Waals surface area contributed by atoms with Gasteiger partial charge in [0.2, 0.25) is 0 Å². The molecule has 0 aliphatic heterocycles. The van der Waals surface area contributed by atoms with Crippen LogP contribution in [0.4, 0.5) is 0 Å². The molecular weight excluding hydrogens is 175 g/mol. The summed E-state index contributed by atoms with van der Waals surface area (Å²) in [6.45, 7) is 0. The van der Waals surface area contributed by atoms with E-state index in [1.807, 2.05) is 18.2 Å². The summed E-state index contributed by atoms with van der Waals surface area (Å²) in [6, 6.07) is 5.72. The van der Waals surface area contributed by atoms with Gasteiger partial charge in [-0.05, 0) is 12.1 Å². The fourth-order valence-electron chi connectivity index (χ4n) is 0.313. The molecule has 0 N–H and O–H groups in total. The molecule has 0 saturated heterocycles. The van der Waals surface area contributed by atoms with Gasteiger partial charge in [-0.25, -0.2) is 0 Å². The van der Waals surface area contributed by atoms with E-state index in [4.69, 9.17) is 0 Å². The van der Waals surface area contributed by atoms with E-state index in [2.05, 4.69) is 4.98 Å². The van der Waals surface area contributed by atoms with Gasteiger partial charge in [-0.15, -0.1) is 0 Å². The zero-order chi connectivity index (χ0) is 4.24. The normalized spacial score (nSPS) is 6.86. The fraction of sp³-hybridized carbons (Fsp3) is 0. The molecule has 7 heavy (non-hydrogen) atoms. The van der Waals surface area contributed by atoms with E-state index in [1.165, 1.54) is 0 Å². The maximum absolute atomic E-state index is 3.78. The molecule has 1 heterocycles. The van der Waals surface area contributed by atoms with Crippen molar-refractivity contribution in [3.05, 3.63) is 30.6 Å². The topological polar surface area (TPSA) is 12.9 Å². The van der Waals surface area contributed by atoms with Crippen LogP contribution in [-0.2, 0) is 19.5 Å². The predicted octanol–water partition coefficient (Wildman–Crippen LogP) is 1.08. The van der Waals surface area contributed by atoms with E-state index in [0.717, 1.165) is 0 Å². The summed E-state index contributed by atoms with van der Waals surface area (Å²) < 4.78 is 0. The van der Waals surface area contributed by atoms with Gasteiger partial charge in [0.15, 0.2) is 0 Å². The summed E-state index contributed by atoms with van der Waals surface area (Å²) in [5, 5.41) is 0. The average molecular weight is 180 g/mol. The fourth-order valence-corrected chi connectivity index (χ4v) is 0.313. The summed E-state index contributed by atoms with van der Waals surface area (Å²) in [6.07, 6.45) is 3.50. The molecule has 0 amide bonds. The molecule has 0 spiro atoms. The molecule has 0 unspecified atom stereocenters. The van der Waals surface area contributed by atoms with Crippen molar-refractivity contribution in [1.82, 2.24) is 4.98 Å². The maximum atomic E-state index is 3.78. The number of pyridine rings is 1. The number of aromatic nitrogens is 1. The molecule has 2 heteroatoms. The Kier molecular flexibility index (Phi) is 3.82. The standard InChI is InChI=1S/C5H5N.Ru/c1-2-4-6-5-3-1;/h1-5H;/q;+3. The van der Waals surface area contributed by atoms with E-state index < -0.39 is 0 Å². The molecule has 1 nitrogen and oxygen atoms in total. The molecule has 1 aromatic heterocycles. The van der Waals surface area contributed by atoms with Crippen molar-refractivity contribution in [2.75, 3.05) is 0 Å². The Morgan fingerprint density at radius 2 is 1.43 bits per heavy atom. The van der Waals surface area contributed by atoms with Crippen molar-refractivity contribution in [3.63, 3.8) is 0 Å². The minimum atomic E-state index is 0. The second-order valence-corrected chi connectivity index (χ2v) is 1.02. The van der Waals surface area contributed by atoms with E-state index in [1.54, 1.807) is 12.4 Å². The van der Waals surface area contributed by atoms with Crippen LogP contribution in [0, 0.1) is 0 Å². The molecule has 0 saturated carbocycles. The van der Waals surface area contributed by atoms with Crippen molar-refractivity contribution >= 4 is 0 Å². The van der Waals surface area contributed by atoms with Gasteiger partial charge in [-0.2, -0.15) is 0 Å². The van der Waals surface area contributed by atoms with Crippen LogP contribution in [0.5, 0.6) is 0 Å². The van der Waals surface area contributed by atoms with Gasteiger partial charge in [-0.3, -0.25) is 4.98 Å². The third kappa shape index (κ3) is 2.47. The number of hydrogen-bond acceptors (Lipinski definition) is 1. The number of nitrogens with zero attached hydrogens (tertiary/aromatic N) is 1. The van der Waals surface area contributed by atoms with Gasteiger partial charge < -0.3 is 0 Å². The minimum Gasteiger partial charge on any atom is -0.265 e. The first-order valence-corrected chi connectivity index (χ1v) is 1.85. The van der Waals surface area contributed by atoms with Crippen molar-refractivity contribution in [2.45, 2.75) is 0 Å². The van der Waals surface area contributed by atoms with Crippen LogP contribution >= 0.6 is 0 Å². The van der Waals surface area contributed by atoms with Crippen LogP contribution in [0.1, 0.15) is 0 Å².